The fraction of sp³-hybridized carbons (Fsp3) is 0.662. The third-order valence-electron chi connectivity index (χ3n) is 12.8. The number of carboxylic acids is 1. The summed E-state index contributed by atoms with van der Waals surface area (Å²) in [5.41, 5.74) is 0. The van der Waals surface area contributed by atoms with Crippen LogP contribution in [0.4, 0.5) is 0 Å². The first-order valence-corrected chi connectivity index (χ1v) is 29.9. The highest BCUT2D eigenvalue weighted by Crippen LogP contribution is 2.26. The van der Waals surface area contributed by atoms with Crippen LogP contribution in [0.15, 0.2) is 109 Å². The van der Waals surface area contributed by atoms with Gasteiger partial charge in [0.05, 0.1) is 6.61 Å². The normalized spacial score (nSPS) is 18.8. The Morgan fingerprint density at radius 3 is 1.30 bits per heavy atom. The first-order valence-electron chi connectivity index (χ1n) is 29.9. The van der Waals surface area contributed by atoms with Crippen molar-refractivity contribution in [2.24, 2.45) is 0 Å². The van der Waals surface area contributed by atoms with Crippen molar-refractivity contribution in [3.05, 3.63) is 109 Å². The van der Waals surface area contributed by atoms with Gasteiger partial charge in [0.15, 0.2) is 24.6 Å². The second-order valence-corrected chi connectivity index (χ2v) is 19.9. The Balaban J connectivity index is 2.75. The van der Waals surface area contributed by atoms with Crippen LogP contribution in [-0.4, -0.2) is 89.2 Å². The summed E-state index contributed by atoms with van der Waals surface area (Å²) in [6.45, 7) is 5.71. The minimum atomic E-state index is -1.93. The van der Waals surface area contributed by atoms with Gasteiger partial charge in [0.1, 0.15) is 18.8 Å². The monoisotopic (exact) mass is 1080 g/mol. The minimum Gasteiger partial charge on any atom is -0.479 e. The molecular formula is C65H104O12. The molecule has 12 heteroatoms. The molecule has 0 spiro atoms. The van der Waals surface area contributed by atoms with Gasteiger partial charge in [-0.1, -0.05) is 201 Å². The first kappa shape index (κ1) is 70.4. The Bertz CT molecular complexity index is 1750. The zero-order chi connectivity index (χ0) is 56.1. The van der Waals surface area contributed by atoms with Crippen molar-refractivity contribution < 1.29 is 58.2 Å². The van der Waals surface area contributed by atoms with Crippen molar-refractivity contribution in [1.29, 1.82) is 0 Å². The number of carbonyl (C=O) groups excluding carboxylic acids is 3. The van der Waals surface area contributed by atoms with Gasteiger partial charge in [0.2, 0.25) is 0 Å². The van der Waals surface area contributed by atoms with Crippen LogP contribution in [0, 0.1) is 0 Å². The number of aliphatic hydroxyl groups is 2. The Morgan fingerprint density at radius 1 is 0.442 bits per heavy atom. The number of hydrogen-bond acceptors (Lipinski definition) is 11. The van der Waals surface area contributed by atoms with Crippen LogP contribution in [0.2, 0.25) is 0 Å². The van der Waals surface area contributed by atoms with Crippen molar-refractivity contribution >= 4 is 23.9 Å². The number of unbranched alkanes of at least 4 members (excludes halogenated alkanes) is 17. The van der Waals surface area contributed by atoms with Crippen molar-refractivity contribution in [3.8, 4) is 0 Å². The summed E-state index contributed by atoms with van der Waals surface area (Å²) in [7, 11) is 0. The molecule has 0 aromatic rings. The maximum absolute atomic E-state index is 13.2. The van der Waals surface area contributed by atoms with Gasteiger partial charge in [-0.25, -0.2) is 4.79 Å². The fourth-order valence-corrected chi connectivity index (χ4v) is 8.29. The van der Waals surface area contributed by atoms with Gasteiger partial charge in [0, 0.05) is 19.3 Å². The third kappa shape index (κ3) is 42.1. The van der Waals surface area contributed by atoms with E-state index in [2.05, 4.69) is 118 Å². The molecule has 1 fully saturated rings. The van der Waals surface area contributed by atoms with E-state index in [0.717, 1.165) is 122 Å². The quantitative estimate of drug-likeness (QED) is 0.0228. The predicted molar refractivity (Wildman–Crippen MR) is 312 cm³/mol. The smallest absolute Gasteiger partial charge is 0.335 e. The summed E-state index contributed by atoms with van der Waals surface area (Å²) in [6.07, 6.45) is 57.7. The molecule has 12 nitrogen and oxygen atoms in total. The van der Waals surface area contributed by atoms with E-state index in [9.17, 15) is 34.5 Å². The summed E-state index contributed by atoms with van der Waals surface area (Å²) in [6, 6.07) is 0. The number of aliphatic hydroxyl groups excluding tert-OH is 2. The van der Waals surface area contributed by atoms with E-state index in [0.29, 0.717) is 25.7 Å². The van der Waals surface area contributed by atoms with E-state index in [4.69, 9.17) is 23.7 Å². The van der Waals surface area contributed by atoms with Crippen LogP contribution in [0.25, 0.3) is 0 Å². The van der Waals surface area contributed by atoms with Crippen LogP contribution >= 0.6 is 0 Å². The zero-order valence-corrected chi connectivity index (χ0v) is 47.9. The number of esters is 3. The molecule has 77 heavy (non-hydrogen) atoms. The molecule has 0 aromatic heterocycles. The topological polar surface area (TPSA) is 175 Å². The number of carbonyl (C=O) groups is 4. The number of allylic oxidation sites excluding steroid dienone is 18. The van der Waals surface area contributed by atoms with Crippen LogP contribution in [0.1, 0.15) is 226 Å². The summed E-state index contributed by atoms with van der Waals surface area (Å²) in [4.78, 5) is 51.1. The average Bonchev–Trinajstić information content (AvgIpc) is 3.43. The highest BCUT2D eigenvalue weighted by atomic mass is 16.7. The van der Waals surface area contributed by atoms with Gasteiger partial charge in [-0.3, -0.25) is 14.4 Å². The van der Waals surface area contributed by atoms with Crippen molar-refractivity contribution in [2.75, 3.05) is 13.2 Å². The van der Waals surface area contributed by atoms with E-state index in [1.54, 1.807) is 0 Å². The van der Waals surface area contributed by atoms with Crippen LogP contribution in [0.5, 0.6) is 0 Å². The van der Waals surface area contributed by atoms with Gasteiger partial charge in [0.25, 0.3) is 0 Å². The van der Waals surface area contributed by atoms with Gasteiger partial charge in [-0.15, -0.1) is 0 Å². The Kier molecular flexibility index (Phi) is 47.6. The lowest BCUT2D eigenvalue weighted by Crippen LogP contribution is -2.61. The third-order valence-corrected chi connectivity index (χ3v) is 12.8. The number of aliphatic carboxylic acids is 1. The summed E-state index contributed by atoms with van der Waals surface area (Å²) in [5.74, 6) is -3.24. The van der Waals surface area contributed by atoms with Crippen molar-refractivity contribution in [3.63, 3.8) is 0 Å². The lowest BCUT2D eigenvalue weighted by molar-refractivity contribution is -0.301. The molecule has 0 aliphatic carbocycles. The van der Waals surface area contributed by atoms with Crippen molar-refractivity contribution in [1.82, 2.24) is 0 Å². The number of ether oxygens (including phenoxy) is 5. The van der Waals surface area contributed by atoms with E-state index in [-0.39, 0.29) is 25.9 Å². The molecular weight excluding hydrogens is 973 g/mol. The minimum absolute atomic E-state index is 0.0254. The van der Waals surface area contributed by atoms with E-state index in [1.807, 2.05) is 12.2 Å². The number of hydrogen-bond donors (Lipinski definition) is 3. The van der Waals surface area contributed by atoms with E-state index in [1.165, 1.54) is 38.5 Å². The highest BCUT2D eigenvalue weighted by molar-refractivity contribution is 5.74. The molecule has 436 valence electrons. The van der Waals surface area contributed by atoms with E-state index >= 15 is 0 Å². The molecule has 6 atom stereocenters. The standard InChI is InChI=1S/C65H104O12/c1-4-7-10-13-16-19-22-25-28-29-32-35-38-41-44-47-50-53-59(68)76-63-61(70)60(69)62(64(71)72)77-65(63)74-55-56(75-58(67)52-49-46-43-40-37-34-31-27-24-21-18-15-12-9-6-3)54-73-57(66)51-48-45-42-39-36-33-30-26-23-20-17-14-11-8-5-2/h7-8,10-11,16-17,19-20,25-28,30-32,35,41,44,56,60-63,65,69-70H,4-6,9,12-15,18,21-24,29,33-34,36-40,42-43,45-55H2,1-3H3,(H,71,72)/b10-7-,11-8-,19-16-,20-17-,28-25-,30-26-,31-27-,35-32-,44-41-. The summed E-state index contributed by atoms with van der Waals surface area (Å²) < 4.78 is 28.4. The van der Waals surface area contributed by atoms with Gasteiger partial charge in [-0.2, -0.15) is 0 Å². The predicted octanol–water partition coefficient (Wildman–Crippen LogP) is 15.4. The Labute approximate surface area is 465 Å². The fourth-order valence-electron chi connectivity index (χ4n) is 8.29. The molecule has 1 heterocycles. The number of carboxylic acid groups (broad SMARTS) is 1. The van der Waals surface area contributed by atoms with Crippen LogP contribution in [-0.2, 0) is 42.9 Å². The maximum atomic E-state index is 13.2. The lowest BCUT2D eigenvalue weighted by Gasteiger charge is -2.40. The molecule has 1 aliphatic rings. The second kappa shape index (κ2) is 52.1. The summed E-state index contributed by atoms with van der Waals surface area (Å²) in [5, 5.41) is 31.5. The first-order chi connectivity index (χ1) is 37.6. The highest BCUT2D eigenvalue weighted by Gasteiger charge is 2.50. The largest absolute Gasteiger partial charge is 0.479 e. The zero-order valence-electron chi connectivity index (χ0n) is 47.9. The molecule has 3 N–H and O–H groups in total. The molecule has 0 bridgehead atoms. The molecule has 0 amide bonds. The van der Waals surface area contributed by atoms with Gasteiger partial charge >= 0.3 is 23.9 Å². The Morgan fingerprint density at radius 2 is 0.831 bits per heavy atom. The Hall–Kier alpha value is -4.62. The van der Waals surface area contributed by atoms with Crippen LogP contribution in [0.3, 0.4) is 0 Å². The molecule has 1 aliphatic heterocycles. The molecule has 1 rings (SSSR count). The van der Waals surface area contributed by atoms with Gasteiger partial charge in [-0.05, 0) is 116 Å². The van der Waals surface area contributed by atoms with Crippen molar-refractivity contribution in [2.45, 2.75) is 263 Å². The molecule has 1 saturated heterocycles. The van der Waals surface area contributed by atoms with Gasteiger partial charge < -0.3 is 39.0 Å². The molecule has 0 aromatic carbocycles. The molecule has 0 radical (unpaired) electrons. The second-order valence-electron chi connectivity index (χ2n) is 19.9. The van der Waals surface area contributed by atoms with Crippen LogP contribution < -0.4 is 0 Å². The maximum Gasteiger partial charge on any atom is 0.335 e. The van der Waals surface area contributed by atoms with E-state index < -0.39 is 67.3 Å². The molecule has 6 unspecified atom stereocenters. The number of rotatable bonds is 49. The average molecular weight is 1080 g/mol. The lowest BCUT2D eigenvalue weighted by atomic mass is 9.98. The SMILES string of the molecule is CC/C=C\C/C=C\C/C=C\C/C=C\C/C=C\CCCC(=O)OC1C(OCC(COC(=O)CCCCCCC/C=C\C/C=C\C/C=C\CC)OC(=O)CCCCCCC/C=C\CCCCCCCC)OC(C(=O)O)C(O)C1O. The molecule has 0 saturated carbocycles. The summed E-state index contributed by atoms with van der Waals surface area (Å²) >= 11 is 0.